The summed E-state index contributed by atoms with van der Waals surface area (Å²) in [7, 11) is 4.03. The first kappa shape index (κ1) is 18.5. The van der Waals surface area contributed by atoms with Crippen molar-refractivity contribution in [2.45, 2.75) is 38.1 Å². The molecule has 2 aliphatic rings. The summed E-state index contributed by atoms with van der Waals surface area (Å²) in [5, 5.41) is 6.79. The minimum Gasteiger partial charge on any atom is -0.381 e. The number of rotatable bonds is 8. The molecule has 0 aromatic rings. The highest BCUT2D eigenvalue weighted by molar-refractivity contribution is 5.79. The van der Waals surface area contributed by atoms with Gasteiger partial charge in [-0.15, -0.1) is 0 Å². The number of guanidine groups is 1. The minimum absolute atomic E-state index is 0.636. The van der Waals surface area contributed by atoms with Gasteiger partial charge in [-0.25, -0.2) is 0 Å². The molecule has 23 heavy (non-hydrogen) atoms. The monoisotopic (exact) mass is 326 g/mol. The molecule has 2 saturated heterocycles. The number of ether oxygens (including phenoxy) is 2. The zero-order valence-electron chi connectivity index (χ0n) is 14.9. The van der Waals surface area contributed by atoms with Crippen molar-refractivity contribution in [1.29, 1.82) is 0 Å². The van der Waals surface area contributed by atoms with Crippen molar-refractivity contribution in [3.05, 3.63) is 0 Å². The maximum Gasteiger partial charge on any atom is 0.191 e. The summed E-state index contributed by atoms with van der Waals surface area (Å²) in [6.07, 6.45) is 5.88. The fraction of sp³-hybridized carbons (Fsp3) is 0.941. The van der Waals surface area contributed by atoms with Crippen molar-refractivity contribution in [2.75, 3.05) is 60.2 Å². The van der Waals surface area contributed by atoms with Crippen molar-refractivity contribution in [2.24, 2.45) is 10.9 Å². The van der Waals surface area contributed by atoms with E-state index in [-0.39, 0.29) is 0 Å². The lowest BCUT2D eigenvalue weighted by molar-refractivity contribution is 0.0203. The van der Waals surface area contributed by atoms with Crippen LogP contribution in [0.2, 0.25) is 0 Å². The van der Waals surface area contributed by atoms with Crippen LogP contribution in [0.4, 0.5) is 0 Å². The molecule has 0 bridgehead atoms. The average molecular weight is 326 g/mol. The van der Waals surface area contributed by atoms with E-state index in [9.17, 15) is 0 Å². The zero-order valence-corrected chi connectivity index (χ0v) is 14.9. The summed E-state index contributed by atoms with van der Waals surface area (Å²) in [5.41, 5.74) is 0. The van der Waals surface area contributed by atoms with Crippen molar-refractivity contribution in [1.82, 2.24) is 15.5 Å². The van der Waals surface area contributed by atoms with Crippen LogP contribution in [0.3, 0.4) is 0 Å². The lowest BCUT2D eigenvalue weighted by atomic mass is 10.0. The summed E-state index contributed by atoms with van der Waals surface area (Å²) in [5.74, 6) is 1.59. The molecular weight excluding hydrogens is 292 g/mol. The highest BCUT2D eigenvalue weighted by Gasteiger charge is 2.20. The number of likely N-dealkylation sites (N-methyl/N-ethyl adjacent to an activating group) is 1. The Morgan fingerprint density at radius 2 is 2.09 bits per heavy atom. The average Bonchev–Trinajstić information content (AvgIpc) is 2.99. The second kappa shape index (κ2) is 10.8. The molecule has 2 N–H and O–H groups in total. The molecule has 0 radical (unpaired) electrons. The maximum absolute atomic E-state index is 5.78. The van der Waals surface area contributed by atoms with E-state index < -0.39 is 0 Å². The van der Waals surface area contributed by atoms with Gasteiger partial charge in [0.15, 0.2) is 5.96 Å². The van der Waals surface area contributed by atoms with Crippen LogP contribution in [0.15, 0.2) is 4.99 Å². The van der Waals surface area contributed by atoms with Crippen LogP contribution in [-0.2, 0) is 9.47 Å². The lowest BCUT2D eigenvalue weighted by Crippen LogP contribution is -2.44. The van der Waals surface area contributed by atoms with E-state index in [1.54, 1.807) is 0 Å². The molecule has 0 aliphatic carbocycles. The molecule has 6 nitrogen and oxygen atoms in total. The molecule has 0 saturated carbocycles. The van der Waals surface area contributed by atoms with Crippen LogP contribution in [0, 0.1) is 5.92 Å². The van der Waals surface area contributed by atoms with Gasteiger partial charge in [-0.3, -0.25) is 4.99 Å². The SMILES string of the molecule is CN=C(NCCCOCC1CCOCC1)NCC1CCCN1C. The molecule has 0 spiro atoms. The first-order chi connectivity index (χ1) is 11.3. The fourth-order valence-electron chi connectivity index (χ4n) is 3.22. The molecule has 0 aromatic heterocycles. The Bertz CT molecular complexity index is 345. The van der Waals surface area contributed by atoms with E-state index in [4.69, 9.17) is 9.47 Å². The quantitative estimate of drug-likeness (QED) is 0.397. The van der Waals surface area contributed by atoms with Gasteiger partial charge < -0.3 is 25.0 Å². The number of nitrogens with one attached hydrogen (secondary N) is 2. The first-order valence-corrected chi connectivity index (χ1v) is 9.10. The number of hydrogen-bond acceptors (Lipinski definition) is 4. The van der Waals surface area contributed by atoms with Gasteiger partial charge in [-0.2, -0.15) is 0 Å². The highest BCUT2D eigenvalue weighted by atomic mass is 16.5. The van der Waals surface area contributed by atoms with E-state index in [1.807, 2.05) is 7.05 Å². The lowest BCUT2D eigenvalue weighted by Gasteiger charge is -2.22. The van der Waals surface area contributed by atoms with Gasteiger partial charge in [0, 0.05) is 52.6 Å². The molecule has 6 heteroatoms. The van der Waals surface area contributed by atoms with Crippen LogP contribution in [0.5, 0.6) is 0 Å². The molecular formula is C17H34N4O2. The Kier molecular flexibility index (Phi) is 8.71. The third kappa shape index (κ3) is 7.06. The molecule has 2 heterocycles. The maximum atomic E-state index is 5.78. The molecule has 1 atom stereocenters. The molecule has 2 rings (SSSR count). The molecule has 1 unspecified atom stereocenters. The third-order valence-corrected chi connectivity index (χ3v) is 4.85. The Morgan fingerprint density at radius 3 is 2.78 bits per heavy atom. The van der Waals surface area contributed by atoms with E-state index in [0.29, 0.717) is 12.0 Å². The standard InChI is InChI=1S/C17H34N4O2/c1-18-17(20-13-16-5-3-9-21(16)2)19-8-4-10-23-14-15-6-11-22-12-7-15/h15-16H,3-14H2,1-2H3,(H2,18,19,20). The number of nitrogens with zero attached hydrogens (tertiary/aromatic N) is 2. The molecule has 0 amide bonds. The predicted octanol–water partition coefficient (Wildman–Crippen LogP) is 1.08. The van der Waals surface area contributed by atoms with Crippen molar-refractivity contribution in [3.8, 4) is 0 Å². The number of hydrogen-bond donors (Lipinski definition) is 2. The van der Waals surface area contributed by atoms with Gasteiger partial charge in [-0.05, 0) is 51.6 Å². The van der Waals surface area contributed by atoms with Crippen molar-refractivity contribution in [3.63, 3.8) is 0 Å². The Morgan fingerprint density at radius 1 is 1.26 bits per heavy atom. The Hall–Kier alpha value is -0.850. The van der Waals surface area contributed by atoms with Gasteiger partial charge >= 0.3 is 0 Å². The molecule has 2 aliphatic heterocycles. The highest BCUT2D eigenvalue weighted by Crippen LogP contribution is 2.14. The summed E-state index contributed by atoms with van der Waals surface area (Å²) >= 11 is 0. The van der Waals surface area contributed by atoms with Crippen LogP contribution >= 0.6 is 0 Å². The van der Waals surface area contributed by atoms with Gasteiger partial charge in [-0.1, -0.05) is 0 Å². The number of likely N-dealkylation sites (tertiary alicyclic amines) is 1. The summed E-state index contributed by atoms with van der Waals surface area (Å²) in [6.45, 7) is 6.56. The van der Waals surface area contributed by atoms with Gasteiger partial charge in [0.2, 0.25) is 0 Å². The number of aliphatic imine (C=N–C) groups is 1. The minimum atomic E-state index is 0.636. The summed E-state index contributed by atoms with van der Waals surface area (Å²) < 4.78 is 11.1. The molecule has 134 valence electrons. The topological polar surface area (TPSA) is 58.1 Å². The first-order valence-electron chi connectivity index (χ1n) is 9.10. The Balaban J connectivity index is 1.47. The van der Waals surface area contributed by atoms with E-state index in [1.165, 1.54) is 19.4 Å². The van der Waals surface area contributed by atoms with Gasteiger partial charge in [0.1, 0.15) is 0 Å². The molecule has 0 aromatic carbocycles. The normalized spacial score (nSPS) is 24.1. The largest absolute Gasteiger partial charge is 0.381 e. The summed E-state index contributed by atoms with van der Waals surface area (Å²) in [6, 6.07) is 0.636. The molecule has 2 fully saturated rings. The third-order valence-electron chi connectivity index (χ3n) is 4.85. The second-order valence-electron chi connectivity index (χ2n) is 6.64. The van der Waals surface area contributed by atoms with Crippen molar-refractivity contribution < 1.29 is 9.47 Å². The predicted molar refractivity (Wildman–Crippen MR) is 94.0 cm³/mol. The summed E-state index contributed by atoms with van der Waals surface area (Å²) in [4.78, 5) is 6.71. The van der Waals surface area contributed by atoms with Gasteiger partial charge in [0.05, 0.1) is 0 Å². The van der Waals surface area contributed by atoms with Crippen LogP contribution < -0.4 is 10.6 Å². The van der Waals surface area contributed by atoms with E-state index >= 15 is 0 Å². The van der Waals surface area contributed by atoms with Gasteiger partial charge in [0.25, 0.3) is 0 Å². The van der Waals surface area contributed by atoms with E-state index in [0.717, 1.165) is 64.7 Å². The second-order valence-corrected chi connectivity index (χ2v) is 6.64. The van der Waals surface area contributed by atoms with E-state index in [2.05, 4.69) is 27.6 Å². The van der Waals surface area contributed by atoms with Crippen molar-refractivity contribution >= 4 is 5.96 Å². The Labute approximate surface area is 141 Å². The zero-order chi connectivity index (χ0) is 16.3. The smallest absolute Gasteiger partial charge is 0.191 e. The van der Waals surface area contributed by atoms with Crippen LogP contribution in [0.25, 0.3) is 0 Å². The van der Waals surface area contributed by atoms with Crippen LogP contribution in [-0.4, -0.2) is 77.1 Å². The fourth-order valence-corrected chi connectivity index (χ4v) is 3.22. The van der Waals surface area contributed by atoms with Crippen LogP contribution in [0.1, 0.15) is 32.1 Å².